The van der Waals surface area contributed by atoms with Gasteiger partial charge in [-0.05, 0) is 72.5 Å². The number of benzene rings is 3. The number of carbonyl (C=O) groups is 1. The SMILES string of the molecule is Nc1ccc(N2N=C3c4ccc(C(=O)O)cc4CC[C@H]3[C@H]2c2ccc(F)cc2)cc1. The zero-order valence-electron chi connectivity index (χ0n) is 16.1. The van der Waals surface area contributed by atoms with Crippen LogP contribution in [-0.2, 0) is 6.42 Å². The quantitative estimate of drug-likeness (QED) is 0.627. The first-order valence-electron chi connectivity index (χ1n) is 9.86. The molecular weight excluding hydrogens is 381 g/mol. The maximum Gasteiger partial charge on any atom is 0.335 e. The van der Waals surface area contributed by atoms with E-state index in [0.717, 1.165) is 40.9 Å². The van der Waals surface area contributed by atoms with E-state index in [9.17, 15) is 14.3 Å². The second kappa shape index (κ2) is 6.99. The number of aromatic carboxylic acids is 1. The van der Waals surface area contributed by atoms with Crippen LogP contribution in [0.1, 0.15) is 39.5 Å². The Morgan fingerprint density at radius 1 is 1.07 bits per heavy atom. The molecule has 1 aliphatic carbocycles. The van der Waals surface area contributed by atoms with Gasteiger partial charge in [-0.3, -0.25) is 5.01 Å². The number of halogens is 1. The Bertz CT molecular complexity index is 1160. The molecule has 5 rings (SSSR count). The average molecular weight is 401 g/mol. The number of nitrogens with two attached hydrogens (primary N) is 1. The molecule has 0 amide bonds. The highest BCUT2D eigenvalue weighted by atomic mass is 19.1. The predicted molar refractivity (Wildman–Crippen MR) is 114 cm³/mol. The van der Waals surface area contributed by atoms with Crippen LogP contribution in [0.3, 0.4) is 0 Å². The zero-order valence-corrected chi connectivity index (χ0v) is 16.1. The fourth-order valence-corrected chi connectivity index (χ4v) is 4.49. The van der Waals surface area contributed by atoms with Crippen LogP contribution in [0, 0.1) is 11.7 Å². The van der Waals surface area contributed by atoms with Gasteiger partial charge in [0, 0.05) is 17.2 Å². The fourth-order valence-electron chi connectivity index (χ4n) is 4.49. The summed E-state index contributed by atoms with van der Waals surface area (Å²) < 4.78 is 13.6. The van der Waals surface area contributed by atoms with Crippen LogP contribution in [0.25, 0.3) is 0 Å². The van der Waals surface area contributed by atoms with E-state index in [1.165, 1.54) is 12.1 Å². The Kier molecular flexibility index (Phi) is 4.28. The Hall–Kier alpha value is -3.67. The third-order valence-electron chi connectivity index (χ3n) is 5.93. The summed E-state index contributed by atoms with van der Waals surface area (Å²) in [6.45, 7) is 0. The summed E-state index contributed by atoms with van der Waals surface area (Å²) in [6, 6.07) is 19.3. The fraction of sp³-hybridized carbons (Fsp3) is 0.167. The van der Waals surface area contributed by atoms with Crippen LogP contribution in [-0.4, -0.2) is 16.8 Å². The van der Waals surface area contributed by atoms with Gasteiger partial charge in [-0.2, -0.15) is 5.10 Å². The number of hydrogen-bond donors (Lipinski definition) is 2. The van der Waals surface area contributed by atoms with Gasteiger partial charge in [0.2, 0.25) is 0 Å². The monoisotopic (exact) mass is 401 g/mol. The standard InChI is InChI=1S/C24H20FN3O2/c25-17-5-1-14(2-6-17)23-21-12-3-15-13-16(24(29)30)4-11-20(15)22(21)27-28(23)19-9-7-18(26)8-10-19/h1-2,4-11,13,21,23H,3,12,26H2,(H,29,30)/t21-,23-/m1/s1. The molecule has 0 fully saturated rings. The number of fused-ring (bicyclic) bond motifs is 3. The minimum absolute atomic E-state index is 0.0727. The number of hydrogen-bond acceptors (Lipinski definition) is 4. The zero-order chi connectivity index (χ0) is 20.8. The summed E-state index contributed by atoms with van der Waals surface area (Å²) in [6.07, 6.45) is 1.61. The van der Waals surface area contributed by atoms with E-state index in [1.807, 2.05) is 47.5 Å². The van der Waals surface area contributed by atoms with Gasteiger partial charge in [-0.25, -0.2) is 9.18 Å². The molecule has 30 heavy (non-hydrogen) atoms. The van der Waals surface area contributed by atoms with Gasteiger partial charge in [0.1, 0.15) is 5.82 Å². The smallest absolute Gasteiger partial charge is 0.335 e. The van der Waals surface area contributed by atoms with E-state index in [0.29, 0.717) is 5.69 Å². The molecule has 5 nitrogen and oxygen atoms in total. The van der Waals surface area contributed by atoms with E-state index in [-0.39, 0.29) is 23.3 Å². The maximum absolute atomic E-state index is 13.6. The van der Waals surface area contributed by atoms with Crippen molar-refractivity contribution in [2.45, 2.75) is 18.9 Å². The lowest BCUT2D eigenvalue weighted by Gasteiger charge is -2.30. The average Bonchev–Trinajstić information content (AvgIpc) is 3.14. The molecule has 0 saturated heterocycles. The molecule has 0 unspecified atom stereocenters. The number of aryl methyl sites for hydroxylation is 1. The number of anilines is 2. The van der Waals surface area contributed by atoms with E-state index >= 15 is 0 Å². The van der Waals surface area contributed by atoms with Crippen molar-refractivity contribution in [3.63, 3.8) is 0 Å². The molecular formula is C24H20FN3O2. The van der Waals surface area contributed by atoms with Crippen molar-refractivity contribution in [1.82, 2.24) is 0 Å². The largest absolute Gasteiger partial charge is 0.478 e. The van der Waals surface area contributed by atoms with Gasteiger partial charge >= 0.3 is 5.97 Å². The molecule has 150 valence electrons. The minimum Gasteiger partial charge on any atom is -0.478 e. The second-order valence-corrected chi connectivity index (χ2v) is 7.74. The van der Waals surface area contributed by atoms with Crippen molar-refractivity contribution in [3.05, 3.63) is 94.8 Å². The number of carboxylic acid groups (broad SMARTS) is 1. The molecule has 3 aromatic rings. The molecule has 2 aliphatic rings. The Labute approximate surface area is 173 Å². The molecule has 0 spiro atoms. The Morgan fingerprint density at radius 2 is 1.80 bits per heavy atom. The van der Waals surface area contributed by atoms with Crippen molar-refractivity contribution in [2.24, 2.45) is 11.0 Å². The molecule has 1 aliphatic heterocycles. The van der Waals surface area contributed by atoms with Gasteiger partial charge in [-0.15, -0.1) is 0 Å². The highest BCUT2D eigenvalue weighted by Crippen LogP contribution is 2.45. The molecule has 6 heteroatoms. The van der Waals surface area contributed by atoms with E-state index in [1.54, 1.807) is 12.1 Å². The molecule has 3 N–H and O–H groups in total. The molecule has 0 bridgehead atoms. The van der Waals surface area contributed by atoms with Crippen molar-refractivity contribution >= 4 is 23.1 Å². The van der Waals surface area contributed by atoms with Gasteiger partial charge < -0.3 is 10.8 Å². The molecule has 0 radical (unpaired) electrons. The predicted octanol–water partition coefficient (Wildman–Crippen LogP) is 4.63. The van der Waals surface area contributed by atoms with Gasteiger partial charge in [-0.1, -0.05) is 18.2 Å². The molecule has 3 aromatic carbocycles. The van der Waals surface area contributed by atoms with E-state index in [4.69, 9.17) is 10.8 Å². The second-order valence-electron chi connectivity index (χ2n) is 7.74. The number of nitrogen functional groups attached to an aromatic ring is 1. The van der Waals surface area contributed by atoms with Crippen LogP contribution in [0.4, 0.5) is 15.8 Å². The highest BCUT2D eigenvalue weighted by molar-refractivity contribution is 6.07. The van der Waals surface area contributed by atoms with Crippen molar-refractivity contribution in [1.29, 1.82) is 0 Å². The van der Waals surface area contributed by atoms with Crippen molar-refractivity contribution in [2.75, 3.05) is 10.7 Å². The van der Waals surface area contributed by atoms with Crippen molar-refractivity contribution in [3.8, 4) is 0 Å². The number of carboxylic acids is 1. The summed E-state index contributed by atoms with van der Waals surface area (Å²) in [5, 5.41) is 16.3. The normalized spacial score (nSPS) is 19.8. The van der Waals surface area contributed by atoms with Crippen LogP contribution in [0.2, 0.25) is 0 Å². The Balaban J connectivity index is 1.62. The summed E-state index contributed by atoms with van der Waals surface area (Å²) in [7, 11) is 0. The summed E-state index contributed by atoms with van der Waals surface area (Å²) in [5.74, 6) is -1.08. The Morgan fingerprint density at radius 3 is 2.50 bits per heavy atom. The number of rotatable bonds is 3. The molecule has 1 heterocycles. The van der Waals surface area contributed by atoms with Gasteiger partial charge in [0.05, 0.1) is 23.0 Å². The summed E-state index contributed by atoms with van der Waals surface area (Å²) >= 11 is 0. The molecule has 0 saturated carbocycles. The lowest BCUT2D eigenvalue weighted by molar-refractivity contribution is 0.0696. The minimum atomic E-state index is -0.930. The third kappa shape index (κ3) is 3.01. The number of hydrazone groups is 1. The molecule has 0 aromatic heterocycles. The molecule has 2 atom stereocenters. The third-order valence-corrected chi connectivity index (χ3v) is 5.93. The van der Waals surface area contributed by atoms with E-state index < -0.39 is 5.97 Å². The van der Waals surface area contributed by atoms with Gasteiger partial charge in [0.25, 0.3) is 0 Å². The maximum atomic E-state index is 13.6. The van der Waals surface area contributed by atoms with Crippen LogP contribution in [0.5, 0.6) is 0 Å². The van der Waals surface area contributed by atoms with Crippen LogP contribution in [0.15, 0.2) is 71.8 Å². The van der Waals surface area contributed by atoms with Crippen LogP contribution < -0.4 is 10.7 Å². The summed E-state index contributed by atoms with van der Waals surface area (Å²) in [5.41, 5.74) is 11.7. The summed E-state index contributed by atoms with van der Waals surface area (Å²) in [4.78, 5) is 11.4. The topological polar surface area (TPSA) is 78.9 Å². The highest BCUT2D eigenvalue weighted by Gasteiger charge is 2.42. The van der Waals surface area contributed by atoms with E-state index in [2.05, 4.69) is 0 Å². The first-order valence-corrected chi connectivity index (χ1v) is 9.86. The van der Waals surface area contributed by atoms with Gasteiger partial charge in [0.15, 0.2) is 0 Å². The lowest BCUT2D eigenvalue weighted by atomic mass is 9.77. The van der Waals surface area contributed by atoms with Crippen molar-refractivity contribution < 1.29 is 14.3 Å². The lowest BCUT2D eigenvalue weighted by Crippen LogP contribution is -2.29. The van der Waals surface area contributed by atoms with Crippen LogP contribution >= 0.6 is 0 Å². The first-order chi connectivity index (χ1) is 14.5. The first kappa shape index (κ1) is 18.4. The number of nitrogens with zero attached hydrogens (tertiary/aromatic N) is 2.